The molecule has 2 heterocycles. The standard InChI is InChI=1S/C17H18N2O5S/c20-16(18-8-15-19-13(10-25-15)17(21)22)12-5-1-2-6-14(12)24-9-11-4-3-7-23-11/h1-2,5-6,10-11H,3-4,7-9H2,(H,18,20)(H,21,22). The second-order valence-corrected chi connectivity index (χ2v) is 6.50. The fourth-order valence-electron chi connectivity index (χ4n) is 2.48. The maximum atomic E-state index is 12.4. The van der Waals surface area contributed by atoms with Crippen molar-refractivity contribution in [3.63, 3.8) is 0 Å². The van der Waals surface area contributed by atoms with E-state index in [-0.39, 0.29) is 24.2 Å². The molecule has 1 saturated heterocycles. The minimum absolute atomic E-state index is 0.0189. The summed E-state index contributed by atoms with van der Waals surface area (Å²) in [5.41, 5.74) is 0.407. The van der Waals surface area contributed by atoms with E-state index in [9.17, 15) is 9.59 Å². The van der Waals surface area contributed by atoms with Gasteiger partial charge in [0.15, 0.2) is 5.69 Å². The number of carbonyl (C=O) groups is 2. The fourth-order valence-corrected chi connectivity index (χ4v) is 3.19. The molecule has 3 rings (SSSR count). The molecular weight excluding hydrogens is 344 g/mol. The molecule has 7 nitrogen and oxygen atoms in total. The number of hydrogen-bond acceptors (Lipinski definition) is 6. The predicted molar refractivity (Wildman–Crippen MR) is 91.2 cm³/mol. The molecule has 1 aliphatic rings. The Bertz CT molecular complexity index is 755. The van der Waals surface area contributed by atoms with Gasteiger partial charge in [0.2, 0.25) is 0 Å². The predicted octanol–water partition coefficient (Wildman–Crippen LogP) is 2.33. The Morgan fingerprint density at radius 2 is 2.24 bits per heavy atom. The summed E-state index contributed by atoms with van der Waals surface area (Å²) in [4.78, 5) is 27.2. The third-order valence-electron chi connectivity index (χ3n) is 3.75. The minimum atomic E-state index is -1.08. The fraction of sp³-hybridized carbons (Fsp3) is 0.353. The number of amides is 1. The molecule has 2 aromatic rings. The number of aromatic nitrogens is 1. The topological polar surface area (TPSA) is 97.8 Å². The second-order valence-electron chi connectivity index (χ2n) is 5.56. The van der Waals surface area contributed by atoms with Crippen LogP contribution in [0.3, 0.4) is 0 Å². The van der Waals surface area contributed by atoms with Crippen molar-refractivity contribution in [3.8, 4) is 5.75 Å². The van der Waals surface area contributed by atoms with Gasteiger partial charge in [0.1, 0.15) is 17.4 Å². The van der Waals surface area contributed by atoms with Crippen molar-refractivity contribution in [1.29, 1.82) is 0 Å². The first kappa shape index (κ1) is 17.4. The number of hydrogen-bond donors (Lipinski definition) is 2. The molecule has 132 valence electrons. The molecule has 0 aliphatic carbocycles. The van der Waals surface area contributed by atoms with Crippen LogP contribution in [0.1, 0.15) is 38.7 Å². The smallest absolute Gasteiger partial charge is 0.355 e. The lowest BCUT2D eigenvalue weighted by molar-refractivity contribution is 0.0670. The number of nitrogens with one attached hydrogen (secondary N) is 1. The van der Waals surface area contributed by atoms with E-state index in [1.807, 2.05) is 6.07 Å². The number of aromatic carboxylic acids is 1. The highest BCUT2D eigenvalue weighted by molar-refractivity contribution is 7.09. The van der Waals surface area contributed by atoms with E-state index in [0.29, 0.717) is 22.9 Å². The third-order valence-corrected chi connectivity index (χ3v) is 4.60. The van der Waals surface area contributed by atoms with Crippen molar-refractivity contribution >= 4 is 23.2 Å². The van der Waals surface area contributed by atoms with E-state index in [1.165, 1.54) is 16.7 Å². The lowest BCUT2D eigenvalue weighted by Gasteiger charge is -2.14. The molecular formula is C17H18N2O5S. The van der Waals surface area contributed by atoms with Crippen LogP contribution >= 0.6 is 11.3 Å². The summed E-state index contributed by atoms with van der Waals surface area (Å²) in [6.45, 7) is 1.33. The molecule has 8 heteroatoms. The van der Waals surface area contributed by atoms with E-state index in [1.54, 1.807) is 18.2 Å². The van der Waals surface area contributed by atoms with Crippen molar-refractivity contribution in [1.82, 2.24) is 10.3 Å². The molecule has 1 fully saturated rings. The molecule has 1 atom stereocenters. The van der Waals surface area contributed by atoms with E-state index < -0.39 is 5.97 Å². The van der Waals surface area contributed by atoms with Crippen molar-refractivity contribution < 1.29 is 24.2 Å². The number of rotatable bonds is 7. The van der Waals surface area contributed by atoms with Crippen LogP contribution in [0.4, 0.5) is 0 Å². The Hall–Kier alpha value is -2.45. The van der Waals surface area contributed by atoms with Crippen LogP contribution in [-0.4, -0.2) is 41.3 Å². The molecule has 1 aromatic carbocycles. The van der Waals surface area contributed by atoms with Gasteiger partial charge < -0.3 is 19.9 Å². The Morgan fingerprint density at radius 3 is 2.96 bits per heavy atom. The number of nitrogens with zero attached hydrogens (tertiary/aromatic N) is 1. The van der Waals surface area contributed by atoms with Gasteiger partial charge in [-0.1, -0.05) is 12.1 Å². The quantitative estimate of drug-likeness (QED) is 0.784. The molecule has 0 spiro atoms. The lowest BCUT2D eigenvalue weighted by Crippen LogP contribution is -2.24. The van der Waals surface area contributed by atoms with E-state index in [0.717, 1.165) is 19.4 Å². The molecule has 1 aliphatic heterocycles. The van der Waals surface area contributed by atoms with Gasteiger partial charge in [-0.15, -0.1) is 11.3 Å². The van der Waals surface area contributed by atoms with Gasteiger partial charge in [-0.25, -0.2) is 9.78 Å². The summed E-state index contributed by atoms with van der Waals surface area (Å²) < 4.78 is 11.3. The first-order valence-electron chi connectivity index (χ1n) is 7.93. The van der Waals surface area contributed by atoms with Crippen LogP contribution < -0.4 is 10.1 Å². The number of para-hydroxylation sites is 1. The van der Waals surface area contributed by atoms with Crippen LogP contribution in [-0.2, 0) is 11.3 Å². The summed E-state index contributed by atoms with van der Waals surface area (Å²) in [6.07, 6.45) is 2.06. The SMILES string of the molecule is O=C(O)c1csc(CNC(=O)c2ccccc2OCC2CCCO2)n1. The third kappa shape index (κ3) is 4.55. The van der Waals surface area contributed by atoms with Gasteiger partial charge in [-0.2, -0.15) is 0 Å². The van der Waals surface area contributed by atoms with Gasteiger partial charge >= 0.3 is 5.97 Å². The van der Waals surface area contributed by atoms with Crippen LogP contribution in [0.5, 0.6) is 5.75 Å². The summed E-state index contributed by atoms with van der Waals surface area (Å²) in [5, 5.41) is 13.6. The summed E-state index contributed by atoms with van der Waals surface area (Å²) in [7, 11) is 0. The summed E-state index contributed by atoms with van der Waals surface area (Å²) in [5.74, 6) is -0.877. The Balaban J connectivity index is 1.59. The molecule has 1 amide bonds. The molecule has 25 heavy (non-hydrogen) atoms. The number of carbonyl (C=O) groups excluding carboxylic acids is 1. The van der Waals surface area contributed by atoms with Crippen LogP contribution in [0.15, 0.2) is 29.6 Å². The highest BCUT2D eigenvalue weighted by atomic mass is 32.1. The zero-order chi connectivity index (χ0) is 17.6. The summed E-state index contributed by atoms with van der Waals surface area (Å²) >= 11 is 1.19. The second kappa shape index (κ2) is 8.09. The molecule has 2 N–H and O–H groups in total. The normalized spacial score (nSPS) is 16.6. The van der Waals surface area contributed by atoms with Gasteiger partial charge in [0.25, 0.3) is 5.91 Å². The molecule has 0 radical (unpaired) electrons. The van der Waals surface area contributed by atoms with Gasteiger partial charge in [0, 0.05) is 12.0 Å². The molecule has 0 saturated carbocycles. The van der Waals surface area contributed by atoms with Gasteiger partial charge in [-0.3, -0.25) is 4.79 Å². The maximum absolute atomic E-state index is 12.4. The lowest BCUT2D eigenvalue weighted by atomic mass is 10.2. The molecule has 0 bridgehead atoms. The van der Waals surface area contributed by atoms with Crippen molar-refractivity contribution in [2.75, 3.05) is 13.2 Å². The van der Waals surface area contributed by atoms with Crippen LogP contribution in [0, 0.1) is 0 Å². The average Bonchev–Trinajstić information content (AvgIpc) is 3.30. The monoisotopic (exact) mass is 362 g/mol. The van der Waals surface area contributed by atoms with Crippen molar-refractivity contribution in [2.24, 2.45) is 0 Å². The molecule has 1 aromatic heterocycles. The Kier molecular flexibility index (Phi) is 5.62. The summed E-state index contributed by atoms with van der Waals surface area (Å²) in [6, 6.07) is 7.00. The van der Waals surface area contributed by atoms with E-state index >= 15 is 0 Å². The van der Waals surface area contributed by atoms with Crippen molar-refractivity contribution in [2.45, 2.75) is 25.5 Å². The first-order chi connectivity index (χ1) is 12.1. The maximum Gasteiger partial charge on any atom is 0.355 e. The number of benzene rings is 1. The van der Waals surface area contributed by atoms with E-state index in [4.69, 9.17) is 14.6 Å². The van der Waals surface area contributed by atoms with Crippen LogP contribution in [0.25, 0.3) is 0 Å². The zero-order valence-corrected chi connectivity index (χ0v) is 14.3. The molecule has 1 unspecified atom stereocenters. The Morgan fingerprint density at radius 1 is 1.40 bits per heavy atom. The first-order valence-corrected chi connectivity index (χ1v) is 8.81. The van der Waals surface area contributed by atoms with Crippen LogP contribution in [0.2, 0.25) is 0 Å². The van der Waals surface area contributed by atoms with Crippen molar-refractivity contribution in [3.05, 3.63) is 45.9 Å². The largest absolute Gasteiger partial charge is 0.490 e. The number of carboxylic acids is 1. The number of ether oxygens (including phenoxy) is 2. The minimum Gasteiger partial charge on any atom is -0.490 e. The van der Waals surface area contributed by atoms with E-state index in [2.05, 4.69) is 10.3 Å². The Labute approximate surface area is 148 Å². The highest BCUT2D eigenvalue weighted by Crippen LogP contribution is 2.20. The highest BCUT2D eigenvalue weighted by Gasteiger charge is 2.18. The number of carboxylic acid groups (broad SMARTS) is 1. The van der Waals surface area contributed by atoms with Gasteiger partial charge in [0.05, 0.1) is 18.2 Å². The van der Waals surface area contributed by atoms with Gasteiger partial charge in [-0.05, 0) is 25.0 Å². The number of thiazole rings is 1. The average molecular weight is 362 g/mol. The zero-order valence-electron chi connectivity index (χ0n) is 13.4.